The molecule has 0 bridgehead atoms. The Morgan fingerprint density at radius 1 is 1.52 bits per heavy atom. The largest absolute Gasteiger partial charge is 0.364 e. The number of nitrogens with zero attached hydrogens (tertiary/aromatic N) is 2. The van der Waals surface area contributed by atoms with E-state index in [1.54, 1.807) is 0 Å². The van der Waals surface area contributed by atoms with Gasteiger partial charge in [-0.15, -0.1) is 0 Å². The van der Waals surface area contributed by atoms with Gasteiger partial charge in [0.15, 0.2) is 0 Å². The monoisotopic (exact) mass is 294 g/mol. The number of hydrogen-bond donors (Lipinski definition) is 2. The molecule has 1 aromatic heterocycles. The summed E-state index contributed by atoms with van der Waals surface area (Å²) >= 11 is 0. The summed E-state index contributed by atoms with van der Waals surface area (Å²) in [7, 11) is 1.94. The lowest BCUT2D eigenvalue weighted by Crippen LogP contribution is -2.41. The van der Waals surface area contributed by atoms with Crippen LogP contribution in [0.3, 0.4) is 0 Å². The van der Waals surface area contributed by atoms with Gasteiger partial charge >= 0.3 is 0 Å². The highest BCUT2D eigenvalue weighted by Gasteiger charge is 2.30. The summed E-state index contributed by atoms with van der Waals surface area (Å²) in [5.41, 5.74) is 8.95. The standard InChI is InChI=1S/C15H26N4O2/c1-9(7-13-10(2)18-19(4)11(13)3)17-15(20)14-6-5-12(8-16)21-14/h9,12,14H,5-8,16H2,1-4H3,(H,17,20)/t9?,12-,14+/m1/s1. The lowest BCUT2D eigenvalue weighted by atomic mass is 10.0. The topological polar surface area (TPSA) is 82.2 Å². The highest BCUT2D eigenvalue weighted by Crippen LogP contribution is 2.19. The first kappa shape index (κ1) is 16.0. The van der Waals surface area contributed by atoms with Gasteiger partial charge in [-0.3, -0.25) is 9.48 Å². The van der Waals surface area contributed by atoms with Crippen LogP contribution in [0.5, 0.6) is 0 Å². The predicted octanol–water partition coefficient (Wildman–Crippen LogP) is 0.590. The molecular formula is C15H26N4O2. The first-order valence-electron chi connectivity index (χ1n) is 7.57. The average molecular weight is 294 g/mol. The molecule has 3 atom stereocenters. The molecule has 1 aliphatic rings. The molecule has 0 aromatic carbocycles. The molecule has 1 aliphatic heterocycles. The second-order valence-corrected chi connectivity index (χ2v) is 5.95. The van der Waals surface area contributed by atoms with Crippen molar-refractivity contribution in [3.63, 3.8) is 0 Å². The lowest BCUT2D eigenvalue weighted by Gasteiger charge is -2.18. The first-order valence-corrected chi connectivity index (χ1v) is 7.57. The van der Waals surface area contributed by atoms with Crippen LogP contribution in [-0.2, 0) is 23.0 Å². The minimum absolute atomic E-state index is 0.0267. The van der Waals surface area contributed by atoms with E-state index >= 15 is 0 Å². The van der Waals surface area contributed by atoms with Gasteiger partial charge in [-0.1, -0.05) is 0 Å². The maximum absolute atomic E-state index is 12.2. The van der Waals surface area contributed by atoms with E-state index in [9.17, 15) is 4.79 Å². The van der Waals surface area contributed by atoms with Gasteiger partial charge in [-0.05, 0) is 45.6 Å². The van der Waals surface area contributed by atoms with Crippen LogP contribution in [0.1, 0.15) is 36.7 Å². The molecule has 3 N–H and O–H groups in total. The second kappa shape index (κ2) is 6.58. The fourth-order valence-corrected chi connectivity index (χ4v) is 2.88. The van der Waals surface area contributed by atoms with Gasteiger partial charge in [-0.2, -0.15) is 5.10 Å². The van der Waals surface area contributed by atoms with Gasteiger partial charge in [-0.25, -0.2) is 0 Å². The third kappa shape index (κ3) is 3.63. The molecule has 0 saturated carbocycles. The van der Waals surface area contributed by atoms with Gasteiger partial charge in [0.1, 0.15) is 6.10 Å². The highest BCUT2D eigenvalue weighted by atomic mass is 16.5. The quantitative estimate of drug-likeness (QED) is 0.833. The molecular weight excluding hydrogens is 268 g/mol. The number of hydrogen-bond acceptors (Lipinski definition) is 4. The maximum atomic E-state index is 12.2. The van der Waals surface area contributed by atoms with E-state index < -0.39 is 0 Å². The van der Waals surface area contributed by atoms with Crippen LogP contribution in [0, 0.1) is 13.8 Å². The first-order chi connectivity index (χ1) is 9.92. The number of aromatic nitrogens is 2. The van der Waals surface area contributed by atoms with E-state index in [0.29, 0.717) is 6.54 Å². The van der Waals surface area contributed by atoms with Crippen molar-refractivity contribution in [2.45, 2.75) is 58.3 Å². The van der Waals surface area contributed by atoms with Crippen LogP contribution in [0.25, 0.3) is 0 Å². The summed E-state index contributed by atoms with van der Waals surface area (Å²) in [6, 6.07) is 0.0552. The molecule has 6 heteroatoms. The molecule has 1 unspecified atom stereocenters. The molecule has 6 nitrogen and oxygen atoms in total. The molecule has 2 rings (SSSR count). The molecule has 1 aromatic rings. The molecule has 0 aliphatic carbocycles. The molecule has 0 spiro atoms. The smallest absolute Gasteiger partial charge is 0.249 e. The van der Waals surface area contributed by atoms with E-state index in [1.807, 2.05) is 25.6 Å². The van der Waals surface area contributed by atoms with E-state index in [1.165, 1.54) is 5.56 Å². The number of nitrogens with one attached hydrogen (secondary N) is 1. The van der Waals surface area contributed by atoms with E-state index in [-0.39, 0.29) is 24.2 Å². The van der Waals surface area contributed by atoms with Crippen molar-refractivity contribution >= 4 is 5.91 Å². The van der Waals surface area contributed by atoms with Crippen LogP contribution in [0.2, 0.25) is 0 Å². The minimum Gasteiger partial charge on any atom is -0.364 e. The Hall–Kier alpha value is -1.40. The SMILES string of the molecule is Cc1nn(C)c(C)c1CC(C)NC(=O)[C@@H]1CC[C@H](CN)O1. The zero-order chi connectivity index (χ0) is 15.6. The highest BCUT2D eigenvalue weighted by molar-refractivity contribution is 5.81. The maximum Gasteiger partial charge on any atom is 0.249 e. The molecule has 1 amide bonds. The third-order valence-electron chi connectivity index (χ3n) is 4.22. The van der Waals surface area contributed by atoms with Gasteiger partial charge in [0, 0.05) is 25.3 Å². The summed E-state index contributed by atoms with van der Waals surface area (Å²) in [5, 5.41) is 7.44. The molecule has 1 fully saturated rings. The Morgan fingerprint density at radius 2 is 2.24 bits per heavy atom. The van der Waals surface area contributed by atoms with Crippen molar-refractivity contribution in [1.82, 2.24) is 15.1 Å². The summed E-state index contributed by atoms with van der Waals surface area (Å²) in [6.07, 6.45) is 2.08. The summed E-state index contributed by atoms with van der Waals surface area (Å²) in [4.78, 5) is 12.2. The normalized spacial score (nSPS) is 23.3. The Labute approximate surface area is 126 Å². The lowest BCUT2D eigenvalue weighted by molar-refractivity contribution is -0.132. The number of ether oxygens (including phenoxy) is 1. The van der Waals surface area contributed by atoms with Crippen LogP contribution in [-0.4, -0.2) is 40.5 Å². The zero-order valence-corrected chi connectivity index (χ0v) is 13.3. The Balaban J connectivity index is 1.90. The van der Waals surface area contributed by atoms with Crippen molar-refractivity contribution in [1.29, 1.82) is 0 Å². The van der Waals surface area contributed by atoms with Gasteiger partial charge in [0.25, 0.3) is 0 Å². The van der Waals surface area contributed by atoms with Crippen molar-refractivity contribution < 1.29 is 9.53 Å². The van der Waals surface area contributed by atoms with E-state index in [2.05, 4.69) is 17.3 Å². The van der Waals surface area contributed by atoms with E-state index in [0.717, 1.165) is 30.7 Å². The van der Waals surface area contributed by atoms with Crippen molar-refractivity contribution in [3.05, 3.63) is 17.0 Å². The van der Waals surface area contributed by atoms with Crippen molar-refractivity contribution in [2.75, 3.05) is 6.54 Å². The van der Waals surface area contributed by atoms with Gasteiger partial charge in [0.05, 0.1) is 11.8 Å². The van der Waals surface area contributed by atoms with Crippen LogP contribution in [0.4, 0.5) is 0 Å². The Kier molecular flexibility index (Phi) is 5.00. The van der Waals surface area contributed by atoms with Crippen LogP contribution in [0.15, 0.2) is 0 Å². The molecule has 1 saturated heterocycles. The van der Waals surface area contributed by atoms with Crippen molar-refractivity contribution in [3.8, 4) is 0 Å². The van der Waals surface area contributed by atoms with Crippen LogP contribution < -0.4 is 11.1 Å². The predicted molar refractivity (Wildman–Crippen MR) is 80.9 cm³/mol. The Morgan fingerprint density at radius 3 is 2.76 bits per heavy atom. The molecule has 21 heavy (non-hydrogen) atoms. The Bertz CT molecular complexity index is 512. The van der Waals surface area contributed by atoms with Gasteiger partial charge < -0.3 is 15.8 Å². The molecule has 118 valence electrons. The summed E-state index contributed by atoms with van der Waals surface area (Å²) in [5.74, 6) is -0.0300. The minimum atomic E-state index is -0.350. The summed E-state index contributed by atoms with van der Waals surface area (Å²) < 4.78 is 7.50. The molecule has 2 heterocycles. The third-order valence-corrected chi connectivity index (χ3v) is 4.22. The van der Waals surface area contributed by atoms with Crippen molar-refractivity contribution in [2.24, 2.45) is 12.8 Å². The number of amides is 1. The van der Waals surface area contributed by atoms with Crippen LogP contribution >= 0.6 is 0 Å². The van der Waals surface area contributed by atoms with E-state index in [4.69, 9.17) is 10.5 Å². The number of aryl methyl sites for hydroxylation is 2. The number of nitrogens with two attached hydrogens (primary N) is 1. The second-order valence-electron chi connectivity index (χ2n) is 5.95. The number of carbonyl (C=O) groups is 1. The number of carbonyl (C=O) groups excluding carboxylic acids is 1. The number of rotatable bonds is 5. The fourth-order valence-electron chi connectivity index (χ4n) is 2.88. The average Bonchev–Trinajstić information content (AvgIpc) is 3.00. The fraction of sp³-hybridized carbons (Fsp3) is 0.733. The summed E-state index contributed by atoms with van der Waals surface area (Å²) in [6.45, 7) is 6.55. The van der Waals surface area contributed by atoms with Gasteiger partial charge in [0.2, 0.25) is 5.91 Å². The molecule has 0 radical (unpaired) electrons. The zero-order valence-electron chi connectivity index (χ0n) is 13.3.